The summed E-state index contributed by atoms with van der Waals surface area (Å²) in [5.74, 6) is 0.383. The highest BCUT2D eigenvalue weighted by Gasteiger charge is 2.34. The molecule has 7 heteroatoms. The van der Waals surface area contributed by atoms with Gasteiger partial charge in [0.2, 0.25) is 0 Å². The van der Waals surface area contributed by atoms with Crippen molar-refractivity contribution in [3.8, 4) is 0 Å². The predicted octanol–water partition coefficient (Wildman–Crippen LogP) is 2.31. The molecular formula is C20H23N3O3S. The molecular weight excluding hydrogens is 362 g/mol. The maximum absolute atomic E-state index is 12.7. The van der Waals surface area contributed by atoms with E-state index in [9.17, 15) is 13.2 Å². The number of piperidine rings is 3. The molecule has 3 aliphatic heterocycles. The van der Waals surface area contributed by atoms with Gasteiger partial charge in [0.15, 0.2) is 0 Å². The molecule has 0 aromatic heterocycles. The van der Waals surface area contributed by atoms with Crippen LogP contribution in [0.25, 0.3) is 0 Å². The van der Waals surface area contributed by atoms with Crippen LogP contribution in [0.5, 0.6) is 0 Å². The lowest BCUT2D eigenvalue weighted by Crippen LogP contribution is -2.57. The second-order valence-electron chi connectivity index (χ2n) is 7.22. The molecule has 0 spiro atoms. The minimum atomic E-state index is -3.68. The number of fused-ring (bicyclic) bond motifs is 3. The Balaban J connectivity index is 1.47. The third kappa shape index (κ3) is 3.99. The van der Waals surface area contributed by atoms with Crippen molar-refractivity contribution in [2.75, 3.05) is 24.4 Å². The zero-order valence-electron chi connectivity index (χ0n) is 15.0. The number of hydrogen-bond acceptors (Lipinski definition) is 4. The van der Waals surface area contributed by atoms with Crippen molar-refractivity contribution in [1.29, 1.82) is 0 Å². The van der Waals surface area contributed by atoms with Crippen LogP contribution in [0.1, 0.15) is 23.2 Å². The molecule has 0 radical (unpaired) electrons. The minimum absolute atomic E-state index is 0.158. The van der Waals surface area contributed by atoms with Gasteiger partial charge in [-0.05, 0) is 62.2 Å². The molecule has 142 valence electrons. The highest BCUT2D eigenvalue weighted by molar-refractivity contribution is 7.92. The summed E-state index contributed by atoms with van der Waals surface area (Å²) in [6, 6.07) is 15.0. The second-order valence-corrected chi connectivity index (χ2v) is 8.90. The zero-order valence-corrected chi connectivity index (χ0v) is 15.8. The number of rotatable bonds is 5. The Morgan fingerprint density at radius 3 is 2.41 bits per heavy atom. The number of amides is 1. The Morgan fingerprint density at radius 2 is 1.74 bits per heavy atom. The molecule has 5 rings (SSSR count). The summed E-state index contributed by atoms with van der Waals surface area (Å²) in [5.41, 5.74) is 0.833. The van der Waals surface area contributed by atoms with Gasteiger partial charge in [-0.2, -0.15) is 0 Å². The minimum Gasteiger partial charge on any atom is -0.348 e. The van der Waals surface area contributed by atoms with E-state index in [1.807, 2.05) is 0 Å². The molecule has 0 aliphatic carbocycles. The standard InChI is InChI=1S/C20H23N3O3S/c24-20(21-19-14-23-11-9-15(19)10-12-23)16-5-4-6-17(13-16)22-27(25,26)18-7-2-1-3-8-18/h1-8,13,15,19,22H,9-12,14H2,(H,21,24). The Morgan fingerprint density at radius 1 is 1.00 bits per heavy atom. The summed E-state index contributed by atoms with van der Waals surface area (Å²) < 4.78 is 27.5. The van der Waals surface area contributed by atoms with Crippen LogP contribution in [0, 0.1) is 5.92 Å². The van der Waals surface area contributed by atoms with E-state index in [0.717, 1.165) is 32.5 Å². The van der Waals surface area contributed by atoms with Crippen LogP contribution in [-0.4, -0.2) is 44.9 Å². The van der Waals surface area contributed by atoms with Crippen LogP contribution in [-0.2, 0) is 10.0 Å². The fourth-order valence-electron chi connectivity index (χ4n) is 3.92. The molecule has 6 nitrogen and oxygen atoms in total. The first-order valence-corrected chi connectivity index (χ1v) is 10.7. The quantitative estimate of drug-likeness (QED) is 0.828. The fraction of sp³-hybridized carbons (Fsp3) is 0.350. The normalized spacial score (nSPS) is 24.4. The van der Waals surface area contributed by atoms with E-state index in [4.69, 9.17) is 0 Å². The van der Waals surface area contributed by atoms with Gasteiger partial charge < -0.3 is 10.2 Å². The Hall–Kier alpha value is -2.38. The van der Waals surface area contributed by atoms with Crippen LogP contribution in [0.3, 0.4) is 0 Å². The van der Waals surface area contributed by atoms with Crippen molar-refractivity contribution in [2.24, 2.45) is 5.92 Å². The number of carbonyl (C=O) groups is 1. The van der Waals surface area contributed by atoms with Gasteiger partial charge in [0.25, 0.3) is 15.9 Å². The third-order valence-electron chi connectivity index (χ3n) is 5.40. The van der Waals surface area contributed by atoms with E-state index in [0.29, 0.717) is 17.2 Å². The van der Waals surface area contributed by atoms with Gasteiger partial charge >= 0.3 is 0 Å². The highest BCUT2D eigenvalue weighted by Crippen LogP contribution is 2.27. The van der Waals surface area contributed by atoms with E-state index in [1.165, 1.54) is 12.1 Å². The van der Waals surface area contributed by atoms with E-state index >= 15 is 0 Å². The van der Waals surface area contributed by atoms with E-state index in [-0.39, 0.29) is 16.8 Å². The molecule has 3 fully saturated rings. The molecule has 3 heterocycles. The number of carbonyl (C=O) groups excluding carboxylic acids is 1. The fourth-order valence-corrected chi connectivity index (χ4v) is 4.99. The van der Waals surface area contributed by atoms with E-state index < -0.39 is 10.0 Å². The van der Waals surface area contributed by atoms with Crippen LogP contribution >= 0.6 is 0 Å². The topological polar surface area (TPSA) is 78.5 Å². The number of hydrogen-bond donors (Lipinski definition) is 2. The van der Waals surface area contributed by atoms with E-state index in [2.05, 4.69) is 14.9 Å². The van der Waals surface area contributed by atoms with Gasteiger partial charge in [-0.3, -0.25) is 9.52 Å². The monoisotopic (exact) mass is 385 g/mol. The van der Waals surface area contributed by atoms with Gasteiger partial charge in [0, 0.05) is 23.8 Å². The summed E-state index contributed by atoms with van der Waals surface area (Å²) in [7, 11) is -3.68. The number of nitrogens with one attached hydrogen (secondary N) is 2. The third-order valence-corrected chi connectivity index (χ3v) is 6.80. The van der Waals surface area contributed by atoms with Gasteiger partial charge in [-0.1, -0.05) is 24.3 Å². The molecule has 2 aromatic carbocycles. The van der Waals surface area contributed by atoms with Crippen LogP contribution in [0.15, 0.2) is 59.5 Å². The lowest BCUT2D eigenvalue weighted by molar-refractivity contribution is 0.0620. The molecule has 1 amide bonds. The first kappa shape index (κ1) is 18.0. The Kier molecular flexibility index (Phi) is 4.88. The maximum atomic E-state index is 12.7. The van der Waals surface area contributed by atoms with Gasteiger partial charge in [0.1, 0.15) is 0 Å². The lowest BCUT2D eigenvalue weighted by Gasteiger charge is -2.44. The summed E-state index contributed by atoms with van der Waals surface area (Å²) >= 11 is 0. The average Bonchev–Trinajstić information content (AvgIpc) is 2.69. The van der Waals surface area contributed by atoms with Crippen molar-refractivity contribution >= 4 is 21.6 Å². The predicted molar refractivity (Wildman–Crippen MR) is 104 cm³/mol. The molecule has 2 N–H and O–H groups in total. The number of anilines is 1. The summed E-state index contributed by atoms with van der Waals surface area (Å²) in [4.78, 5) is 15.2. The Labute approximate surface area is 159 Å². The van der Waals surface area contributed by atoms with Crippen LogP contribution in [0.2, 0.25) is 0 Å². The summed E-state index contributed by atoms with van der Waals surface area (Å²) in [5, 5.41) is 3.13. The van der Waals surface area contributed by atoms with Gasteiger partial charge in [0.05, 0.1) is 4.90 Å². The van der Waals surface area contributed by atoms with Crippen molar-refractivity contribution in [3.63, 3.8) is 0 Å². The molecule has 2 aromatic rings. The SMILES string of the molecule is O=C(NC1CN2CCC1CC2)c1cccc(NS(=O)(=O)c2ccccc2)c1. The van der Waals surface area contributed by atoms with Gasteiger partial charge in [-0.15, -0.1) is 0 Å². The number of nitrogens with zero attached hydrogens (tertiary/aromatic N) is 1. The molecule has 1 unspecified atom stereocenters. The van der Waals surface area contributed by atoms with Crippen molar-refractivity contribution in [3.05, 3.63) is 60.2 Å². The number of sulfonamides is 1. The summed E-state index contributed by atoms with van der Waals surface area (Å²) in [6.07, 6.45) is 2.25. The smallest absolute Gasteiger partial charge is 0.261 e. The molecule has 27 heavy (non-hydrogen) atoms. The highest BCUT2D eigenvalue weighted by atomic mass is 32.2. The van der Waals surface area contributed by atoms with E-state index in [1.54, 1.807) is 42.5 Å². The zero-order chi connectivity index (χ0) is 18.9. The summed E-state index contributed by atoms with van der Waals surface area (Å²) in [6.45, 7) is 3.14. The van der Waals surface area contributed by atoms with Crippen molar-refractivity contribution in [1.82, 2.24) is 10.2 Å². The molecule has 0 saturated carbocycles. The second kappa shape index (κ2) is 7.32. The molecule has 1 atom stereocenters. The average molecular weight is 385 g/mol. The molecule has 2 bridgehead atoms. The van der Waals surface area contributed by atoms with Crippen LogP contribution in [0.4, 0.5) is 5.69 Å². The maximum Gasteiger partial charge on any atom is 0.261 e. The first-order valence-electron chi connectivity index (χ1n) is 9.22. The molecule has 3 saturated heterocycles. The Bertz CT molecular complexity index is 922. The van der Waals surface area contributed by atoms with Gasteiger partial charge in [-0.25, -0.2) is 8.42 Å². The lowest BCUT2D eigenvalue weighted by atomic mass is 9.84. The molecule has 3 aliphatic rings. The first-order chi connectivity index (χ1) is 13.0. The largest absolute Gasteiger partial charge is 0.348 e. The van der Waals surface area contributed by atoms with Crippen LogP contribution < -0.4 is 10.0 Å². The number of benzene rings is 2. The van der Waals surface area contributed by atoms with Crippen molar-refractivity contribution < 1.29 is 13.2 Å². The van der Waals surface area contributed by atoms with Crippen molar-refractivity contribution in [2.45, 2.75) is 23.8 Å².